The Morgan fingerprint density at radius 1 is 1.21 bits per heavy atom. The number of anilines is 1. The van der Waals surface area contributed by atoms with Crippen molar-refractivity contribution in [3.8, 4) is 0 Å². The average Bonchev–Trinajstić information content (AvgIpc) is 2.98. The highest BCUT2D eigenvalue weighted by Gasteiger charge is 2.34. The molecule has 0 radical (unpaired) electrons. The molecule has 7 heteroatoms. The SMILES string of the molecule is CCc1ccc(NC(=S)N(CC[NH+](C(C)C)C(C)C)[C@H]2CCS(=O)(=O)C2)cc1. The summed E-state index contributed by atoms with van der Waals surface area (Å²) in [6.07, 6.45) is 1.65. The zero-order chi connectivity index (χ0) is 20.9. The van der Waals surface area contributed by atoms with Gasteiger partial charge in [0, 0.05) is 11.7 Å². The number of nitrogens with one attached hydrogen (secondary N) is 2. The number of sulfone groups is 1. The van der Waals surface area contributed by atoms with Crippen LogP contribution in [0, 0.1) is 0 Å². The molecule has 1 aliphatic rings. The monoisotopic (exact) mass is 426 g/mol. The number of aryl methyl sites for hydroxylation is 1. The minimum atomic E-state index is -2.96. The molecular weight excluding hydrogens is 390 g/mol. The van der Waals surface area contributed by atoms with E-state index in [2.05, 4.69) is 57.0 Å². The van der Waals surface area contributed by atoms with Crippen molar-refractivity contribution in [1.29, 1.82) is 0 Å². The third-order valence-corrected chi connectivity index (χ3v) is 7.73. The van der Waals surface area contributed by atoms with E-state index in [1.807, 2.05) is 12.1 Å². The van der Waals surface area contributed by atoms with Gasteiger partial charge in [0.1, 0.15) is 0 Å². The maximum absolute atomic E-state index is 12.1. The number of rotatable bonds is 8. The summed E-state index contributed by atoms with van der Waals surface area (Å²) in [6.45, 7) is 12.7. The molecule has 0 aliphatic carbocycles. The summed E-state index contributed by atoms with van der Waals surface area (Å²) in [5.41, 5.74) is 2.23. The van der Waals surface area contributed by atoms with Gasteiger partial charge in [-0.15, -0.1) is 0 Å². The van der Waals surface area contributed by atoms with Crippen LogP contribution in [0.25, 0.3) is 0 Å². The fraction of sp³-hybridized carbons (Fsp3) is 0.667. The lowest BCUT2D eigenvalue weighted by Gasteiger charge is -2.34. The first kappa shape index (κ1) is 23.1. The van der Waals surface area contributed by atoms with Crippen LogP contribution in [0.15, 0.2) is 24.3 Å². The van der Waals surface area contributed by atoms with Crippen LogP contribution in [0.3, 0.4) is 0 Å². The standard InChI is InChI=1S/C21H35N3O2S2/c1-6-18-7-9-19(10-8-18)22-21(27)24(20-11-14-28(25,26)15-20)13-12-23(16(2)3)17(4)5/h7-10,16-17,20H,6,11-15H2,1-5H3,(H,22,27)/p+1/t20-/m0/s1. The Bertz CT molecular complexity index is 737. The van der Waals surface area contributed by atoms with E-state index in [1.54, 1.807) is 0 Å². The molecule has 28 heavy (non-hydrogen) atoms. The second-order valence-corrected chi connectivity index (χ2v) is 11.0. The summed E-state index contributed by atoms with van der Waals surface area (Å²) < 4.78 is 24.1. The molecule has 0 aromatic heterocycles. The van der Waals surface area contributed by atoms with Crippen molar-refractivity contribution in [3.63, 3.8) is 0 Å². The second-order valence-electron chi connectivity index (χ2n) is 8.37. The van der Waals surface area contributed by atoms with Gasteiger partial charge in [0.25, 0.3) is 0 Å². The Kier molecular flexibility index (Phi) is 8.28. The molecule has 0 saturated carbocycles. The van der Waals surface area contributed by atoms with Gasteiger partial charge in [0.05, 0.1) is 36.7 Å². The number of nitrogens with zero attached hydrogens (tertiary/aromatic N) is 1. The molecule has 2 rings (SSSR count). The predicted octanol–water partition coefficient (Wildman–Crippen LogP) is 2.14. The second kappa shape index (κ2) is 10.0. The maximum atomic E-state index is 12.1. The van der Waals surface area contributed by atoms with Gasteiger partial charge in [-0.1, -0.05) is 19.1 Å². The fourth-order valence-electron chi connectivity index (χ4n) is 3.98. The first-order valence-electron chi connectivity index (χ1n) is 10.4. The summed E-state index contributed by atoms with van der Waals surface area (Å²) in [7, 11) is -2.96. The molecule has 1 aromatic rings. The van der Waals surface area contributed by atoms with Crippen LogP contribution in [0.4, 0.5) is 5.69 Å². The third-order valence-electron chi connectivity index (χ3n) is 5.65. The Balaban J connectivity index is 2.13. The molecule has 1 atom stereocenters. The summed E-state index contributed by atoms with van der Waals surface area (Å²) in [4.78, 5) is 3.61. The maximum Gasteiger partial charge on any atom is 0.173 e. The van der Waals surface area contributed by atoms with Crippen LogP contribution in [-0.2, 0) is 16.3 Å². The Morgan fingerprint density at radius 3 is 2.29 bits per heavy atom. The lowest BCUT2D eigenvalue weighted by Crippen LogP contribution is -3.18. The van der Waals surface area contributed by atoms with Gasteiger partial charge in [0.15, 0.2) is 14.9 Å². The Labute approximate surface area is 176 Å². The largest absolute Gasteiger partial charge is 0.339 e. The number of quaternary nitrogens is 1. The summed E-state index contributed by atoms with van der Waals surface area (Å²) >= 11 is 5.72. The van der Waals surface area contributed by atoms with Gasteiger partial charge < -0.3 is 15.1 Å². The van der Waals surface area contributed by atoms with E-state index < -0.39 is 9.84 Å². The zero-order valence-electron chi connectivity index (χ0n) is 17.9. The number of thiocarbonyl (C=S) groups is 1. The molecule has 0 spiro atoms. The lowest BCUT2D eigenvalue weighted by molar-refractivity contribution is -0.941. The summed E-state index contributed by atoms with van der Waals surface area (Å²) in [5, 5.41) is 3.96. The van der Waals surface area contributed by atoms with E-state index in [0.717, 1.165) is 25.2 Å². The van der Waals surface area contributed by atoms with Crippen LogP contribution in [0.1, 0.15) is 46.6 Å². The van der Waals surface area contributed by atoms with E-state index in [9.17, 15) is 8.42 Å². The van der Waals surface area contributed by atoms with Gasteiger partial charge in [-0.3, -0.25) is 0 Å². The number of hydrogen-bond donors (Lipinski definition) is 2. The molecular formula is C21H36N3O2S2+. The molecule has 1 saturated heterocycles. The average molecular weight is 427 g/mol. The van der Waals surface area contributed by atoms with Gasteiger partial charge in [-0.05, 0) is 70.5 Å². The van der Waals surface area contributed by atoms with Crippen LogP contribution in [0.5, 0.6) is 0 Å². The number of hydrogen-bond acceptors (Lipinski definition) is 3. The molecule has 0 bridgehead atoms. The predicted molar refractivity (Wildman–Crippen MR) is 122 cm³/mol. The molecule has 0 amide bonds. The molecule has 1 aliphatic heterocycles. The van der Waals surface area contributed by atoms with E-state index >= 15 is 0 Å². The molecule has 2 N–H and O–H groups in total. The Morgan fingerprint density at radius 2 is 1.82 bits per heavy atom. The van der Waals surface area contributed by atoms with Crippen molar-refractivity contribution in [1.82, 2.24) is 4.90 Å². The summed E-state index contributed by atoms with van der Waals surface area (Å²) in [6, 6.07) is 9.25. The van der Waals surface area contributed by atoms with Gasteiger partial charge >= 0.3 is 0 Å². The van der Waals surface area contributed by atoms with Crippen LogP contribution in [-0.4, -0.2) is 61.2 Å². The molecule has 1 fully saturated rings. The van der Waals surface area contributed by atoms with E-state index in [-0.39, 0.29) is 17.5 Å². The topological polar surface area (TPSA) is 53.9 Å². The van der Waals surface area contributed by atoms with Crippen molar-refractivity contribution >= 4 is 32.9 Å². The van der Waals surface area contributed by atoms with Gasteiger partial charge in [-0.25, -0.2) is 8.42 Å². The van der Waals surface area contributed by atoms with Crippen molar-refractivity contribution < 1.29 is 13.3 Å². The van der Waals surface area contributed by atoms with Crippen LogP contribution < -0.4 is 10.2 Å². The molecule has 1 heterocycles. The van der Waals surface area contributed by atoms with E-state index in [1.165, 1.54) is 10.5 Å². The summed E-state index contributed by atoms with van der Waals surface area (Å²) in [5.74, 6) is 0.454. The van der Waals surface area contributed by atoms with E-state index in [0.29, 0.717) is 23.6 Å². The molecule has 158 valence electrons. The lowest BCUT2D eigenvalue weighted by atomic mass is 10.1. The van der Waals surface area contributed by atoms with Crippen molar-refractivity contribution in [2.24, 2.45) is 0 Å². The van der Waals surface area contributed by atoms with Crippen LogP contribution in [0.2, 0.25) is 0 Å². The smallest absolute Gasteiger partial charge is 0.173 e. The Hall–Kier alpha value is -1.18. The zero-order valence-corrected chi connectivity index (χ0v) is 19.5. The van der Waals surface area contributed by atoms with Crippen molar-refractivity contribution in [2.45, 2.75) is 65.6 Å². The fourth-order valence-corrected chi connectivity index (χ4v) is 6.07. The highest BCUT2D eigenvalue weighted by molar-refractivity contribution is 7.91. The van der Waals surface area contributed by atoms with Crippen LogP contribution >= 0.6 is 12.2 Å². The van der Waals surface area contributed by atoms with Crippen molar-refractivity contribution in [2.75, 3.05) is 29.9 Å². The van der Waals surface area contributed by atoms with Crippen molar-refractivity contribution in [3.05, 3.63) is 29.8 Å². The molecule has 5 nitrogen and oxygen atoms in total. The van der Waals surface area contributed by atoms with E-state index in [4.69, 9.17) is 12.2 Å². The minimum absolute atomic E-state index is 0.0412. The quantitative estimate of drug-likeness (QED) is 0.624. The first-order valence-corrected chi connectivity index (χ1v) is 12.6. The molecule has 1 aromatic carbocycles. The first-order chi connectivity index (χ1) is 13.1. The highest BCUT2D eigenvalue weighted by atomic mass is 32.2. The molecule has 0 unspecified atom stereocenters. The van der Waals surface area contributed by atoms with Gasteiger partial charge in [-0.2, -0.15) is 0 Å². The minimum Gasteiger partial charge on any atom is -0.339 e. The normalized spacial score (nSPS) is 18.8. The number of benzene rings is 1. The van der Waals surface area contributed by atoms with Gasteiger partial charge in [0.2, 0.25) is 0 Å². The third kappa shape index (κ3) is 6.42. The highest BCUT2D eigenvalue weighted by Crippen LogP contribution is 2.19.